The summed E-state index contributed by atoms with van der Waals surface area (Å²) >= 11 is 0. The van der Waals surface area contributed by atoms with Gasteiger partial charge in [-0.05, 0) is 18.1 Å². The third-order valence-electron chi connectivity index (χ3n) is 2.93. The van der Waals surface area contributed by atoms with Gasteiger partial charge in [-0.3, -0.25) is 0 Å². The molecule has 2 rings (SSSR count). The fourth-order valence-corrected chi connectivity index (χ4v) is 1.88. The standard InChI is InChI=1S/C15H16O2/c1-12-7-5-6-8-13(12)11-15(16,17)14-9-3-2-4-10-14/h2-10,16-17H,11H2,1H3. The summed E-state index contributed by atoms with van der Waals surface area (Å²) < 4.78 is 0. The van der Waals surface area contributed by atoms with Gasteiger partial charge in [0.15, 0.2) is 5.79 Å². The topological polar surface area (TPSA) is 40.5 Å². The number of benzene rings is 2. The van der Waals surface area contributed by atoms with Gasteiger partial charge < -0.3 is 10.2 Å². The quantitative estimate of drug-likeness (QED) is 0.792. The molecular formula is C15H16O2. The first kappa shape index (κ1) is 11.8. The largest absolute Gasteiger partial charge is 0.362 e. The highest BCUT2D eigenvalue weighted by Gasteiger charge is 2.26. The van der Waals surface area contributed by atoms with Gasteiger partial charge in [-0.1, -0.05) is 54.6 Å². The van der Waals surface area contributed by atoms with Crippen LogP contribution in [0.3, 0.4) is 0 Å². The summed E-state index contributed by atoms with van der Waals surface area (Å²) in [6.45, 7) is 1.97. The average Bonchev–Trinajstić information content (AvgIpc) is 2.33. The minimum atomic E-state index is -1.81. The van der Waals surface area contributed by atoms with Crippen molar-refractivity contribution in [3.63, 3.8) is 0 Å². The number of aryl methyl sites for hydroxylation is 1. The lowest BCUT2D eigenvalue weighted by Gasteiger charge is -2.23. The highest BCUT2D eigenvalue weighted by Crippen LogP contribution is 2.24. The van der Waals surface area contributed by atoms with Crippen molar-refractivity contribution in [2.24, 2.45) is 0 Å². The predicted octanol–water partition coefficient (Wildman–Crippen LogP) is 2.38. The summed E-state index contributed by atoms with van der Waals surface area (Å²) in [7, 11) is 0. The second-order valence-corrected chi connectivity index (χ2v) is 4.29. The van der Waals surface area contributed by atoms with Crippen LogP contribution in [0.15, 0.2) is 54.6 Å². The zero-order valence-electron chi connectivity index (χ0n) is 9.80. The second kappa shape index (κ2) is 4.70. The van der Waals surface area contributed by atoms with E-state index in [4.69, 9.17) is 0 Å². The minimum Gasteiger partial charge on any atom is -0.362 e. The molecule has 0 aliphatic carbocycles. The van der Waals surface area contributed by atoms with Crippen LogP contribution in [0.1, 0.15) is 16.7 Å². The molecule has 88 valence electrons. The van der Waals surface area contributed by atoms with E-state index >= 15 is 0 Å². The molecule has 0 saturated carbocycles. The molecule has 0 aromatic heterocycles. The Hall–Kier alpha value is -1.64. The molecule has 2 aromatic rings. The van der Waals surface area contributed by atoms with Gasteiger partial charge in [-0.2, -0.15) is 0 Å². The number of aliphatic hydroxyl groups is 2. The first-order valence-electron chi connectivity index (χ1n) is 5.64. The van der Waals surface area contributed by atoms with Crippen molar-refractivity contribution in [3.05, 3.63) is 71.3 Å². The third kappa shape index (κ3) is 2.73. The first-order chi connectivity index (χ1) is 8.09. The van der Waals surface area contributed by atoms with Crippen molar-refractivity contribution in [3.8, 4) is 0 Å². The lowest BCUT2D eigenvalue weighted by Crippen LogP contribution is -2.28. The molecule has 0 spiro atoms. The van der Waals surface area contributed by atoms with Gasteiger partial charge in [-0.25, -0.2) is 0 Å². The van der Waals surface area contributed by atoms with Crippen LogP contribution in [0.5, 0.6) is 0 Å². The van der Waals surface area contributed by atoms with E-state index in [1.54, 1.807) is 24.3 Å². The van der Waals surface area contributed by atoms with E-state index in [1.165, 1.54) is 0 Å². The zero-order valence-corrected chi connectivity index (χ0v) is 9.80. The summed E-state index contributed by atoms with van der Waals surface area (Å²) in [5.41, 5.74) is 2.53. The Labute approximate surface area is 101 Å². The highest BCUT2D eigenvalue weighted by molar-refractivity contribution is 5.29. The van der Waals surface area contributed by atoms with Crippen LogP contribution in [0.2, 0.25) is 0 Å². The molecule has 0 aliphatic rings. The Kier molecular flexibility index (Phi) is 3.27. The predicted molar refractivity (Wildman–Crippen MR) is 67.4 cm³/mol. The fourth-order valence-electron chi connectivity index (χ4n) is 1.88. The molecule has 2 N–H and O–H groups in total. The normalized spacial score (nSPS) is 11.5. The number of hydrogen-bond acceptors (Lipinski definition) is 2. The second-order valence-electron chi connectivity index (χ2n) is 4.29. The van der Waals surface area contributed by atoms with E-state index in [1.807, 2.05) is 37.3 Å². The first-order valence-corrected chi connectivity index (χ1v) is 5.64. The Morgan fingerprint density at radius 3 is 2.12 bits per heavy atom. The van der Waals surface area contributed by atoms with Crippen molar-refractivity contribution >= 4 is 0 Å². The zero-order chi connectivity index (χ0) is 12.3. The van der Waals surface area contributed by atoms with Crippen molar-refractivity contribution in [1.82, 2.24) is 0 Å². The lowest BCUT2D eigenvalue weighted by atomic mass is 9.95. The van der Waals surface area contributed by atoms with Crippen molar-refractivity contribution in [2.45, 2.75) is 19.1 Å². The Bertz CT molecular complexity index is 489. The van der Waals surface area contributed by atoms with E-state index in [0.29, 0.717) is 5.56 Å². The molecule has 0 atom stereocenters. The molecule has 2 aromatic carbocycles. The van der Waals surface area contributed by atoms with Crippen LogP contribution in [0, 0.1) is 6.92 Å². The molecule has 0 unspecified atom stereocenters. The Balaban J connectivity index is 2.27. The maximum atomic E-state index is 10.1. The van der Waals surface area contributed by atoms with Crippen molar-refractivity contribution in [2.75, 3.05) is 0 Å². The van der Waals surface area contributed by atoms with Crippen molar-refractivity contribution < 1.29 is 10.2 Å². The highest BCUT2D eigenvalue weighted by atomic mass is 16.5. The van der Waals surface area contributed by atoms with Crippen LogP contribution in [0.25, 0.3) is 0 Å². The van der Waals surface area contributed by atoms with Gasteiger partial charge in [0, 0.05) is 12.0 Å². The van der Waals surface area contributed by atoms with Crippen LogP contribution in [0.4, 0.5) is 0 Å². The van der Waals surface area contributed by atoms with E-state index in [9.17, 15) is 10.2 Å². The number of hydrogen-bond donors (Lipinski definition) is 2. The molecule has 0 amide bonds. The summed E-state index contributed by atoms with van der Waals surface area (Å²) in [5.74, 6) is -1.81. The monoisotopic (exact) mass is 228 g/mol. The summed E-state index contributed by atoms with van der Waals surface area (Å²) in [5, 5.41) is 20.2. The SMILES string of the molecule is Cc1ccccc1CC(O)(O)c1ccccc1. The fraction of sp³-hybridized carbons (Fsp3) is 0.200. The molecule has 0 aliphatic heterocycles. The van der Waals surface area contributed by atoms with Gasteiger partial charge in [0.05, 0.1) is 0 Å². The van der Waals surface area contributed by atoms with Crippen LogP contribution < -0.4 is 0 Å². The Morgan fingerprint density at radius 1 is 0.882 bits per heavy atom. The molecule has 0 fully saturated rings. The molecule has 2 heteroatoms. The molecule has 0 heterocycles. The molecule has 0 radical (unpaired) electrons. The third-order valence-corrected chi connectivity index (χ3v) is 2.93. The van der Waals surface area contributed by atoms with Crippen molar-refractivity contribution in [1.29, 1.82) is 0 Å². The van der Waals surface area contributed by atoms with Gasteiger partial charge in [-0.15, -0.1) is 0 Å². The average molecular weight is 228 g/mol. The maximum absolute atomic E-state index is 10.1. The van der Waals surface area contributed by atoms with E-state index in [-0.39, 0.29) is 6.42 Å². The molecule has 17 heavy (non-hydrogen) atoms. The van der Waals surface area contributed by atoms with Gasteiger partial charge >= 0.3 is 0 Å². The molecule has 0 bridgehead atoms. The van der Waals surface area contributed by atoms with E-state index in [0.717, 1.165) is 11.1 Å². The summed E-state index contributed by atoms with van der Waals surface area (Å²) in [4.78, 5) is 0. The Morgan fingerprint density at radius 2 is 1.47 bits per heavy atom. The smallest absolute Gasteiger partial charge is 0.193 e. The van der Waals surface area contributed by atoms with E-state index < -0.39 is 5.79 Å². The molecule has 0 saturated heterocycles. The van der Waals surface area contributed by atoms with E-state index in [2.05, 4.69) is 0 Å². The maximum Gasteiger partial charge on any atom is 0.193 e. The summed E-state index contributed by atoms with van der Waals surface area (Å²) in [6.07, 6.45) is 0.198. The lowest BCUT2D eigenvalue weighted by molar-refractivity contribution is -0.168. The number of rotatable bonds is 3. The van der Waals surface area contributed by atoms with Gasteiger partial charge in [0.1, 0.15) is 0 Å². The minimum absolute atomic E-state index is 0.198. The van der Waals surface area contributed by atoms with Gasteiger partial charge in [0.2, 0.25) is 0 Å². The van der Waals surface area contributed by atoms with Crippen LogP contribution in [-0.4, -0.2) is 10.2 Å². The van der Waals surface area contributed by atoms with Crippen LogP contribution in [-0.2, 0) is 12.2 Å². The van der Waals surface area contributed by atoms with Crippen LogP contribution >= 0.6 is 0 Å². The molecule has 2 nitrogen and oxygen atoms in total. The van der Waals surface area contributed by atoms with Gasteiger partial charge in [0.25, 0.3) is 0 Å². The summed E-state index contributed by atoms with van der Waals surface area (Å²) in [6, 6.07) is 16.6. The molecular weight excluding hydrogens is 212 g/mol.